The Hall–Kier alpha value is -2.68. The highest BCUT2D eigenvalue weighted by Gasteiger charge is 2.23. The average Bonchev–Trinajstić information content (AvgIpc) is 2.53. The number of nitro groups is 1. The van der Waals surface area contributed by atoms with Crippen molar-refractivity contribution in [3.05, 3.63) is 33.9 Å². The van der Waals surface area contributed by atoms with Gasteiger partial charge in [0.05, 0.1) is 24.1 Å². The first kappa shape index (κ1) is 20.4. The molecule has 1 N–H and O–H groups in total. The zero-order valence-corrected chi connectivity index (χ0v) is 14.8. The first-order chi connectivity index (χ1) is 11.6. The fourth-order valence-electron chi connectivity index (χ4n) is 1.90. The number of ether oxygens (including phenoxy) is 3. The third-order valence-electron chi connectivity index (χ3n) is 3.05. The fourth-order valence-corrected chi connectivity index (χ4v) is 1.90. The Labute approximate surface area is 145 Å². The van der Waals surface area contributed by atoms with E-state index in [1.165, 1.54) is 32.4 Å². The van der Waals surface area contributed by atoms with Crippen LogP contribution in [0.1, 0.15) is 31.1 Å². The van der Waals surface area contributed by atoms with Crippen LogP contribution in [0.25, 0.3) is 0 Å². The van der Waals surface area contributed by atoms with E-state index in [0.29, 0.717) is 0 Å². The van der Waals surface area contributed by atoms with E-state index in [1.54, 1.807) is 20.8 Å². The summed E-state index contributed by atoms with van der Waals surface area (Å²) in [6, 6.07) is 3.81. The molecule has 0 aliphatic heterocycles. The maximum Gasteiger partial charge on any atom is 0.338 e. The number of nitro benzene ring substituents is 1. The molecule has 1 unspecified atom stereocenters. The summed E-state index contributed by atoms with van der Waals surface area (Å²) in [5, 5.41) is 13.9. The van der Waals surface area contributed by atoms with Crippen LogP contribution in [0.5, 0.6) is 0 Å². The first-order valence-electron chi connectivity index (χ1n) is 7.45. The standard InChI is InChI=1S/C16H22N2O7/c1-16(2,3)25-14(19)10-6-7-12(18(21)22)11(8-10)17-9-13(23-4)15(20)24-5/h6-8,13,17H,9H2,1-5H3. The molecule has 9 nitrogen and oxygen atoms in total. The largest absolute Gasteiger partial charge is 0.467 e. The Bertz CT molecular complexity index is 652. The lowest BCUT2D eigenvalue weighted by atomic mass is 10.1. The van der Waals surface area contributed by atoms with Crippen molar-refractivity contribution in [2.75, 3.05) is 26.1 Å². The molecule has 0 spiro atoms. The van der Waals surface area contributed by atoms with E-state index in [1.807, 2.05) is 0 Å². The van der Waals surface area contributed by atoms with Gasteiger partial charge in [0.15, 0.2) is 6.10 Å². The van der Waals surface area contributed by atoms with Gasteiger partial charge in [-0.25, -0.2) is 9.59 Å². The summed E-state index contributed by atoms with van der Waals surface area (Å²) in [6.07, 6.45) is -0.949. The molecule has 0 aliphatic carbocycles. The summed E-state index contributed by atoms with van der Waals surface area (Å²) in [5.41, 5.74) is -0.722. The van der Waals surface area contributed by atoms with Crippen LogP contribution in [-0.2, 0) is 19.0 Å². The summed E-state index contributed by atoms with van der Waals surface area (Å²) in [5.74, 6) is -1.23. The van der Waals surface area contributed by atoms with Crippen molar-refractivity contribution in [1.82, 2.24) is 0 Å². The smallest absolute Gasteiger partial charge is 0.338 e. The highest BCUT2D eigenvalue weighted by atomic mass is 16.6. The van der Waals surface area contributed by atoms with Crippen molar-refractivity contribution in [3.8, 4) is 0 Å². The molecule has 0 amide bonds. The van der Waals surface area contributed by atoms with E-state index < -0.39 is 28.6 Å². The van der Waals surface area contributed by atoms with Crippen molar-refractivity contribution < 1.29 is 28.7 Å². The number of carbonyl (C=O) groups excluding carboxylic acids is 2. The molecule has 0 bridgehead atoms. The third-order valence-corrected chi connectivity index (χ3v) is 3.05. The van der Waals surface area contributed by atoms with Crippen molar-refractivity contribution >= 4 is 23.3 Å². The Morgan fingerprint density at radius 2 is 1.92 bits per heavy atom. The van der Waals surface area contributed by atoms with Crippen LogP contribution < -0.4 is 5.32 Å². The van der Waals surface area contributed by atoms with Crippen LogP contribution in [0.3, 0.4) is 0 Å². The van der Waals surface area contributed by atoms with Gasteiger partial charge in [0, 0.05) is 13.2 Å². The molecule has 9 heteroatoms. The van der Waals surface area contributed by atoms with Gasteiger partial charge >= 0.3 is 11.9 Å². The van der Waals surface area contributed by atoms with E-state index in [0.717, 1.165) is 0 Å². The van der Waals surface area contributed by atoms with Crippen LogP contribution in [-0.4, -0.2) is 49.3 Å². The third kappa shape index (κ3) is 6.03. The lowest BCUT2D eigenvalue weighted by Crippen LogP contribution is -2.32. The number of esters is 2. The monoisotopic (exact) mass is 354 g/mol. The van der Waals surface area contributed by atoms with Gasteiger partial charge in [-0.1, -0.05) is 0 Å². The van der Waals surface area contributed by atoms with Gasteiger partial charge in [0.1, 0.15) is 11.3 Å². The van der Waals surface area contributed by atoms with Crippen LogP contribution in [0.4, 0.5) is 11.4 Å². The van der Waals surface area contributed by atoms with E-state index in [9.17, 15) is 19.7 Å². The first-order valence-corrected chi connectivity index (χ1v) is 7.45. The number of carbonyl (C=O) groups is 2. The SMILES string of the molecule is COC(=O)C(CNc1cc(C(=O)OC(C)(C)C)ccc1[N+](=O)[O-])OC. The number of rotatable bonds is 7. The molecule has 0 radical (unpaired) electrons. The Balaban J connectivity index is 3.06. The molecule has 1 aromatic carbocycles. The quantitative estimate of drug-likeness (QED) is 0.450. The van der Waals surface area contributed by atoms with Crippen LogP contribution in [0.15, 0.2) is 18.2 Å². The lowest BCUT2D eigenvalue weighted by Gasteiger charge is -2.20. The number of hydrogen-bond donors (Lipinski definition) is 1. The van der Waals surface area contributed by atoms with Crippen LogP contribution in [0.2, 0.25) is 0 Å². The molecule has 0 saturated carbocycles. The Morgan fingerprint density at radius 3 is 2.40 bits per heavy atom. The minimum absolute atomic E-state index is 0.0677. The molecule has 0 fully saturated rings. The molecule has 0 aliphatic rings. The van der Waals surface area contributed by atoms with Gasteiger partial charge in [0.2, 0.25) is 0 Å². The van der Waals surface area contributed by atoms with Crippen LogP contribution >= 0.6 is 0 Å². The number of benzene rings is 1. The predicted molar refractivity (Wildman–Crippen MR) is 89.6 cm³/mol. The summed E-state index contributed by atoms with van der Waals surface area (Å²) in [7, 11) is 2.52. The van der Waals surface area contributed by atoms with E-state index in [-0.39, 0.29) is 23.5 Å². The van der Waals surface area contributed by atoms with Gasteiger partial charge in [0.25, 0.3) is 5.69 Å². The Morgan fingerprint density at radius 1 is 1.28 bits per heavy atom. The topological polar surface area (TPSA) is 117 Å². The van der Waals surface area contributed by atoms with Gasteiger partial charge in [-0.3, -0.25) is 10.1 Å². The van der Waals surface area contributed by atoms with E-state index in [4.69, 9.17) is 9.47 Å². The molecule has 0 aromatic heterocycles. The average molecular weight is 354 g/mol. The molecule has 1 atom stereocenters. The summed E-state index contributed by atoms with van der Waals surface area (Å²) < 4.78 is 14.8. The summed E-state index contributed by atoms with van der Waals surface area (Å²) in [4.78, 5) is 34.2. The molecule has 0 heterocycles. The van der Waals surface area contributed by atoms with Crippen LogP contribution in [0, 0.1) is 10.1 Å². The zero-order chi connectivity index (χ0) is 19.2. The normalized spacial score (nSPS) is 12.2. The van der Waals surface area contributed by atoms with Gasteiger partial charge in [-0.2, -0.15) is 0 Å². The van der Waals surface area contributed by atoms with Crippen molar-refractivity contribution in [2.45, 2.75) is 32.5 Å². The zero-order valence-electron chi connectivity index (χ0n) is 14.8. The van der Waals surface area contributed by atoms with Crippen molar-refractivity contribution in [2.24, 2.45) is 0 Å². The maximum atomic E-state index is 12.1. The van der Waals surface area contributed by atoms with Crippen molar-refractivity contribution in [3.63, 3.8) is 0 Å². The highest BCUT2D eigenvalue weighted by molar-refractivity contribution is 5.92. The minimum atomic E-state index is -0.949. The maximum absolute atomic E-state index is 12.1. The van der Waals surface area contributed by atoms with Gasteiger partial charge in [-0.15, -0.1) is 0 Å². The molecular formula is C16H22N2O7. The van der Waals surface area contributed by atoms with E-state index in [2.05, 4.69) is 10.1 Å². The van der Waals surface area contributed by atoms with E-state index >= 15 is 0 Å². The number of nitrogens with one attached hydrogen (secondary N) is 1. The van der Waals surface area contributed by atoms with Crippen molar-refractivity contribution in [1.29, 1.82) is 0 Å². The second-order valence-corrected chi connectivity index (χ2v) is 6.12. The minimum Gasteiger partial charge on any atom is -0.467 e. The molecule has 1 aromatic rings. The molecular weight excluding hydrogens is 332 g/mol. The molecule has 25 heavy (non-hydrogen) atoms. The number of nitrogens with zero attached hydrogens (tertiary/aromatic N) is 1. The molecule has 1 rings (SSSR count). The second-order valence-electron chi connectivity index (χ2n) is 6.12. The van der Waals surface area contributed by atoms with Gasteiger partial charge in [-0.05, 0) is 32.9 Å². The number of anilines is 1. The van der Waals surface area contributed by atoms with Gasteiger partial charge < -0.3 is 19.5 Å². The molecule has 0 saturated heterocycles. The lowest BCUT2D eigenvalue weighted by molar-refractivity contribution is -0.384. The summed E-state index contributed by atoms with van der Waals surface area (Å²) in [6.45, 7) is 5.08. The number of methoxy groups -OCH3 is 2. The Kier molecular flexibility index (Phi) is 6.86. The second kappa shape index (κ2) is 8.43. The molecule has 138 valence electrons. The predicted octanol–water partition coefficient (Wildman–Crippen LogP) is 2.15. The number of hydrogen-bond acceptors (Lipinski definition) is 8. The fraction of sp³-hybridized carbons (Fsp3) is 0.500. The summed E-state index contributed by atoms with van der Waals surface area (Å²) >= 11 is 0. The highest BCUT2D eigenvalue weighted by Crippen LogP contribution is 2.26.